The lowest BCUT2D eigenvalue weighted by atomic mass is 10.1. The highest BCUT2D eigenvalue weighted by Crippen LogP contribution is 2.35. The molecule has 0 saturated carbocycles. The summed E-state index contributed by atoms with van der Waals surface area (Å²) < 4.78 is 41.5. The molecule has 0 aliphatic heterocycles. The van der Waals surface area contributed by atoms with Crippen LogP contribution in [0.4, 0.5) is 13.2 Å². The number of halogens is 3. The maximum atomic E-state index is 13.4. The van der Waals surface area contributed by atoms with E-state index >= 15 is 0 Å². The summed E-state index contributed by atoms with van der Waals surface area (Å²) in [7, 11) is 0. The Hall–Kier alpha value is -2.57. The van der Waals surface area contributed by atoms with Crippen LogP contribution in [0, 0.1) is 0 Å². The van der Waals surface area contributed by atoms with Gasteiger partial charge in [0.15, 0.2) is 0 Å². The molecular weight excluding hydrogens is 357 g/mol. The molecule has 0 unspecified atom stereocenters. The van der Waals surface area contributed by atoms with Crippen molar-refractivity contribution < 1.29 is 23.1 Å². The molecular formula is C20H23F3N2O2. The fourth-order valence-corrected chi connectivity index (χ4v) is 2.99. The summed E-state index contributed by atoms with van der Waals surface area (Å²) in [6.45, 7) is 3.84. The van der Waals surface area contributed by atoms with Crippen molar-refractivity contribution in [3.05, 3.63) is 58.9 Å². The molecule has 146 valence electrons. The quantitative estimate of drug-likeness (QED) is 0.621. The summed E-state index contributed by atoms with van der Waals surface area (Å²) in [6, 6.07) is 5.11. The SMILES string of the molecule is CCC=CCCc1nn(-c2ccccc2C(F)(F)F)c(CCC)c1C(=O)O. The summed E-state index contributed by atoms with van der Waals surface area (Å²) in [6.07, 6.45) is 2.05. The van der Waals surface area contributed by atoms with Gasteiger partial charge >= 0.3 is 12.1 Å². The standard InChI is InChI=1S/C20H23F3N2O2/c1-3-5-6-7-12-15-18(19(26)27)17(10-4-2)25(24-15)16-13-9-8-11-14(16)20(21,22)23/h5-6,8-9,11,13H,3-4,7,10,12H2,1-2H3,(H,26,27). The van der Waals surface area contributed by atoms with Crippen molar-refractivity contribution in [2.45, 2.75) is 52.1 Å². The van der Waals surface area contributed by atoms with Gasteiger partial charge in [-0.05, 0) is 37.8 Å². The lowest BCUT2D eigenvalue weighted by Crippen LogP contribution is -2.14. The molecule has 27 heavy (non-hydrogen) atoms. The van der Waals surface area contributed by atoms with E-state index in [1.807, 2.05) is 26.0 Å². The van der Waals surface area contributed by atoms with Crippen LogP contribution < -0.4 is 0 Å². The smallest absolute Gasteiger partial charge is 0.418 e. The van der Waals surface area contributed by atoms with Crippen LogP contribution in [-0.4, -0.2) is 20.9 Å². The van der Waals surface area contributed by atoms with Gasteiger partial charge in [-0.15, -0.1) is 0 Å². The van der Waals surface area contributed by atoms with Gasteiger partial charge in [0.1, 0.15) is 5.56 Å². The molecule has 0 spiro atoms. The zero-order chi connectivity index (χ0) is 20.0. The molecule has 7 heteroatoms. The van der Waals surface area contributed by atoms with Crippen molar-refractivity contribution >= 4 is 5.97 Å². The third kappa shape index (κ3) is 4.78. The number of hydrogen-bond acceptors (Lipinski definition) is 2. The van der Waals surface area contributed by atoms with Crippen LogP contribution >= 0.6 is 0 Å². The second-order valence-corrected chi connectivity index (χ2v) is 6.17. The van der Waals surface area contributed by atoms with E-state index in [9.17, 15) is 23.1 Å². The maximum Gasteiger partial charge on any atom is 0.418 e. The highest BCUT2D eigenvalue weighted by Gasteiger charge is 2.35. The first-order valence-corrected chi connectivity index (χ1v) is 8.96. The zero-order valence-electron chi connectivity index (χ0n) is 15.4. The molecule has 2 rings (SSSR count). The number of carbonyl (C=O) groups is 1. The van der Waals surface area contributed by atoms with Gasteiger partial charge in [-0.2, -0.15) is 18.3 Å². The second-order valence-electron chi connectivity index (χ2n) is 6.17. The van der Waals surface area contributed by atoms with Gasteiger partial charge in [0.05, 0.1) is 22.6 Å². The fourth-order valence-electron chi connectivity index (χ4n) is 2.99. The van der Waals surface area contributed by atoms with Gasteiger partial charge in [0, 0.05) is 0 Å². The largest absolute Gasteiger partial charge is 0.478 e. The van der Waals surface area contributed by atoms with Gasteiger partial charge in [0.2, 0.25) is 0 Å². The van der Waals surface area contributed by atoms with Gasteiger partial charge < -0.3 is 5.11 Å². The summed E-state index contributed by atoms with van der Waals surface area (Å²) in [5.41, 5.74) is -0.357. The fraction of sp³-hybridized carbons (Fsp3) is 0.400. The van der Waals surface area contributed by atoms with Gasteiger partial charge in [-0.3, -0.25) is 0 Å². The summed E-state index contributed by atoms with van der Waals surface area (Å²) >= 11 is 0. The molecule has 1 N–H and O–H groups in total. The van der Waals surface area contributed by atoms with Crippen molar-refractivity contribution in [2.24, 2.45) is 0 Å². The molecule has 4 nitrogen and oxygen atoms in total. The number of rotatable bonds is 8. The second kappa shape index (κ2) is 8.88. The van der Waals surface area contributed by atoms with E-state index < -0.39 is 17.7 Å². The Bertz CT molecular complexity index is 823. The third-order valence-corrected chi connectivity index (χ3v) is 4.14. The molecule has 0 atom stereocenters. The number of hydrogen-bond donors (Lipinski definition) is 1. The Labute approximate surface area is 156 Å². The van der Waals surface area contributed by atoms with Crippen molar-refractivity contribution in [3.8, 4) is 5.69 Å². The Morgan fingerprint density at radius 1 is 1.19 bits per heavy atom. The Balaban J connectivity index is 2.63. The van der Waals surface area contributed by atoms with Crippen LogP contribution in [0.3, 0.4) is 0 Å². The Morgan fingerprint density at radius 3 is 2.48 bits per heavy atom. The van der Waals surface area contributed by atoms with Crippen molar-refractivity contribution in [1.29, 1.82) is 0 Å². The number of aromatic carboxylic acids is 1. The Morgan fingerprint density at radius 2 is 1.89 bits per heavy atom. The summed E-state index contributed by atoms with van der Waals surface area (Å²) in [5, 5.41) is 14.0. The predicted octanol–water partition coefficient (Wildman–Crippen LogP) is 5.44. The summed E-state index contributed by atoms with van der Waals surface area (Å²) in [4.78, 5) is 11.8. The van der Waals surface area contributed by atoms with E-state index in [2.05, 4.69) is 5.10 Å². The average molecular weight is 380 g/mol. The number of carboxylic acid groups (broad SMARTS) is 1. The molecule has 0 fully saturated rings. The number of para-hydroxylation sites is 1. The number of benzene rings is 1. The minimum Gasteiger partial charge on any atom is -0.478 e. The molecule has 0 radical (unpaired) electrons. The van der Waals surface area contributed by atoms with Gasteiger partial charge in [-0.25, -0.2) is 9.48 Å². The van der Waals surface area contributed by atoms with Crippen LogP contribution in [0.2, 0.25) is 0 Å². The first-order valence-electron chi connectivity index (χ1n) is 8.96. The van der Waals surface area contributed by atoms with Crippen molar-refractivity contribution in [2.75, 3.05) is 0 Å². The number of allylic oxidation sites excluding steroid dienone is 2. The monoisotopic (exact) mass is 380 g/mol. The number of carboxylic acids is 1. The molecule has 0 amide bonds. The first-order chi connectivity index (χ1) is 12.8. The van der Waals surface area contributed by atoms with Gasteiger partial charge in [-0.1, -0.05) is 44.6 Å². The van der Waals surface area contributed by atoms with Crippen molar-refractivity contribution in [3.63, 3.8) is 0 Å². The topological polar surface area (TPSA) is 55.1 Å². The van der Waals surface area contributed by atoms with E-state index in [1.54, 1.807) is 0 Å². The maximum absolute atomic E-state index is 13.4. The summed E-state index contributed by atoms with van der Waals surface area (Å²) in [5.74, 6) is -1.16. The number of aromatic nitrogens is 2. The first kappa shape index (κ1) is 20.7. The normalized spacial score (nSPS) is 12.0. The molecule has 1 heterocycles. The Kier molecular flexibility index (Phi) is 6.82. The zero-order valence-corrected chi connectivity index (χ0v) is 15.4. The molecule has 0 saturated heterocycles. The van der Waals surface area contributed by atoms with E-state index in [-0.39, 0.29) is 11.3 Å². The minimum absolute atomic E-state index is 0.0127. The molecule has 0 aliphatic rings. The number of aryl methyl sites for hydroxylation is 1. The molecule has 2 aromatic rings. The highest BCUT2D eigenvalue weighted by molar-refractivity contribution is 5.90. The lowest BCUT2D eigenvalue weighted by Gasteiger charge is -2.14. The number of nitrogens with zero attached hydrogens (tertiary/aromatic N) is 2. The van der Waals surface area contributed by atoms with Gasteiger partial charge in [0.25, 0.3) is 0 Å². The molecule has 0 bridgehead atoms. The molecule has 1 aromatic carbocycles. The van der Waals surface area contributed by atoms with Crippen LogP contribution in [0.1, 0.15) is 60.4 Å². The van der Waals surface area contributed by atoms with E-state index in [0.29, 0.717) is 37.1 Å². The number of alkyl halides is 3. The van der Waals surface area contributed by atoms with Crippen LogP contribution in [0.15, 0.2) is 36.4 Å². The van der Waals surface area contributed by atoms with Crippen molar-refractivity contribution in [1.82, 2.24) is 9.78 Å². The lowest BCUT2D eigenvalue weighted by molar-refractivity contribution is -0.137. The molecule has 1 aromatic heterocycles. The van der Waals surface area contributed by atoms with E-state index in [4.69, 9.17) is 0 Å². The van der Waals surface area contributed by atoms with Crippen LogP contribution in [-0.2, 0) is 19.0 Å². The third-order valence-electron chi connectivity index (χ3n) is 4.14. The van der Waals surface area contributed by atoms with E-state index in [0.717, 1.165) is 17.2 Å². The van der Waals surface area contributed by atoms with Crippen LogP contribution in [0.25, 0.3) is 5.69 Å². The van der Waals surface area contributed by atoms with Crippen LogP contribution in [0.5, 0.6) is 0 Å². The molecule has 0 aliphatic carbocycles. The average Bonchev–Trinajstić information content (AvgIpc) is 2.97. The van der Waals surface area contributed by atoms with E-state index in [1.165, 1.54) is 18.2 Å². The highest BCUT2D eigenvalue weighted by atomic mass is 19.4. The minimum atomic E-state index is -4.56. The predicted molar refractivity (Wildman–Crippen MR) is 97.3 cm³/mol.